The average Bonchev–Trinajstić information content (AvgIpc) is 2.93. The number of benzene rings is 4. The average molecular weight is 514 g/mol. The third kappa shape index (κ3) is 5.13. The van der Waals surface area contributed by atoms with Crippen molar-refractivity contribution in [1.82, 2.24) is 0 Å². The lowest BCUT2D eigenvalue weighted by atomic mass is 9.77. The summed E-state index contributed by atoms with van der Waals surface area (Å²) in [5, 5.41) is 21.8. The molecule has 0 saturated carbocycles. The van der Waals surface area contributed by atoms with Gasteiger partial charge in [-0.2, -0.15) is 0 Å². The SMILES string of the molecule is CSc1cccc(-c2ccc([C@@H]3[C@@H](CC[C@H](O)c4ccc(F)cc4)C(=O)N3c3ccccc3)c(O)c2)c1. The van der Waals surface area contributed by atoms with E-state index in [1.165, 1.54) is 12.1 Å². The summed E-state index contributed by atoms with van der Waals surface area (Å²) in [7, 11) is 0. The minimum absolute atomic E-state index is 0.0429. The van der Waals surface area contributed by atoms with E-state index < -0.39 is 12.0 Å². The summed E-state index contributed by atoms with van der Waals surface area (Å²) in [6, 6.07) is 28.6. The highest BCUT2D eigenvalue weighted by Gasteiger charge is 2.49. The van der Waals surface area contributed by atoms with Crippen LogP contribution >= 0.6 is 11.8 Å². The van der Waals surface area contributed by atoms with E-state index >= 15 is 0 Å². The van der Waals surface area contributed by atoms with Gasteiger partial charge in [0, 0.05) is 16.1 Å². The molecular formula is C31H28FNO3S. The van der Waals surface area contributed by atoms with E-state index in [1.807, 2.05) is 66.9 Å². The molecule has 0 unspecified atom stereocenters. The van der Waals surface area contributed by atoms with Gasteiger partial charge in [0.25, 0.3) is 0 Å². The van der Waals surface area contributed by atoms with Gasteiger partial charge in [-0.3, -0.25) is 4.79 Å². The second-order valence-electron chi connectivity index (χ2n) is 9.25. The fourth-order valence-electron chi connectivity index (χ4n) is 5.03. The molecular weight excluding hydrogens is 485 g/mol. The monoisotopic (exact) mass is 513 g/mol. The molecule has 1 fully saturated rings. The van der Waals surface area contributed by atoms with E-state index in [4.69, 9.17) is 0 Å². The Morgan fingerprint density at radius 1 is 0.919 bits per heavy atom. The van der Waals surface area contributed by atoms with Gasteiger partial charge in [-0.15, -0.1) is 11.8 Å². The Labute approximate surface area is 220 Å². The molecule has 0 aliphatic carbocycles. The number of anilines is 1. The number of carbonyl (C=O) groups is 1. The van der Waals surface area contributed by atoms with Crippen molar-refractivity contribution in [2.45, 2.75) is 29.9 Å². The molecule has 4 aromatic rings. The molecule has 1 heterocycles. The zero-order valence-corrected chi connectivity index (χ0v) is 21.2. The van der Waals surface area contributed by atoms with Crippen molar-refractivity contribution >= 4 is 23.4 Å². The number of nitrogens with zero attached hydrogens (tertiary/aromatic N) is 1. The zero-order valence-electron chi connectivity index (χ0n) is 20.4. The summed E-state index contributed by atoms with van der Waals surface area (Å²) >= 11 is 1.66. The minimum Gasteiger partial charge on any atom is -0.508 e. The first-order chi connectivity index (χ1) is 18.0. The van der Waals surface area contributed by atoms with Crippen molar-refractivity contribution in [2.24, 2.45) is 5.92 Å². The Morgan fingerprint density at radius 2 is 1.65 bits per heavy atom. The van der Waals surface area contributed by atoms with Crippen LogP contribution in [-0.2, 0) is 4.79 Å². The number of amides is 1. The van der Waals surface area contributed by atoms with Crippen molar-refractivity contribution in [3.63, 3.8) is 0 Å². The van der Waals surface area contributed by atoms with Gasteiger partial charge in [0.15, 0.2) is 0 Å². The Morgan fingerprint density at radius 3 is 2.35 bits per heavy atom. The largest absolute Gasteiger partial charge is 0.508 e. The molecule has 4 aromatic carbocycles. The number of thioether (sulfide) groups is 1. The maximum Gasteiger partial charge on any atom is 0.233 e. The predicted molar refractivity (Wildman–Crippen MR) is 146 cm³/mol. The number of aromatic hydroxyl groups is 1. The third-order valence-corrected chi connectivity index (χ3v) is 7.73. The maximum atomic E-state index is 13.3. The summed E-state index contributed by atoms with van der Waals surface area (Å²) in [4.78, 5) is 16.2. The van der Waals surface area contributed by atoms with E-state index in [9.17, 15) is 19.4 Å². The Kier molecular flexibility index (Phi) is 7.31. The van der Waals surface area contributed by atoms with Crippen LogP contribution < -0.4 is 4.90 Å². The molecule has 0 radical (unpaired) electrons. The quantitative estimate of drug-likeness (QED) is 0.194. The molecule has 6 heteroatoms. The van der Waals surface area contributed by atoms with Gasteiger partial charge in [0.05, 0.1) is 18.1 Å². The number of carbonyl (C=O) groups excluding carboxylic acids is 1. The highest BCUT2D eigenvalue weighted by atomic mass is 32.2. The van der Waals surface area contributed by atoms with Crippen LogP contribution in [0.1, 0.15) is 36.1 Å². The number of aliphatic hydroxyl groups excluding tert-OH is 1. The lowest BCUT2D eigenvalue weighted by Crippen LogP contribution is -2.55. The van der Waals surface area contributed by atoms with E-state index in [0.29, 0.717) is 24.0 Å². The molecule has 1 amide bonds. The number of halogens is 1. The van der Waals surface area contributed by atoms with Crippen LogP contribution in [0.4, 0.5) is 10.1 Å². The second kappa shape index (κ2) is 10.8. The molecule has 0 aromatic heterocycles. The molecule has 1 aliphatic heterocycles. The normalized spacial score (nSPS) is 17.9. The van der Waals surface area contributed by atoms with E-state index in [2.05, 4.69) is 6.07 Å². The van der Waals surface area contributed by atoms with Crippen molar-refractivity contribution in [3.05, 3.63) is 114 Å². The highest BCUT2D eigenvalue weighted by Crippen LogP contribution is 2.49. The van der Waals surface area contributed by atoms with E-state index in [0.717, 1.165) is 21.7 Å². The van der Waals surface area contributed by atoms with Crippen LogP contribution in [0.5, 0.6) is 5.75 Å². The summed E-state index contributed by atoms with van der Waals surface area (Å²) < 4.78 is 13.3. The number of phenols is 1. The van der Waals surface area contributed by atoms with Crippen molar-refractivity contribution in [2.75, 3.05) is 11.2 Å². The predicted octanol–water partition coefficient (Wildman–Crippen LogP) is 7.14. The maximum absolute atomic E-state index is 13.3. The summed E-state index contributed by atoms with van der Waals surface area (Å²) in [6.07, 6.45) is 2.00. The lowest BCUT2D eigenvalue weighted by Gasteiger charge is -2.48. The molecule has 37 heavy (non-hydrogen) atoms. The van der Waals surface area contributed by atoms with Crippen molar-refractivity contribution < 1.29 is 19.4 Å². The van der Waals surface area contributed by atoms with Crippen LogP contribution in [0.3, 0.4) is 0 Å². The van der Waals surface area contributed by atoms with Crippen LogP contribution in [0.25, 0.3) is 11.1 Å². The highest BCUT2D eigenvalue weighted by molar-refractivity contribution is 7.98. The molecule has 5 rings (SSSR count). The van der Waals surface area contributed by atoms with E-state index in [1.54, 1.807) is 34.9 Å². The van der Waals surface area contributed by atoms with Gasteiger partial charge in [-0.05, 0) is 78.3 Å². The number of hydrogen-bond acceptors (Lipinski definition) is 4. The van der Waals surface area contributed by atoms with Crippen molar-refractivity contribution in [3.8, 4) is 16.9 Å². The Bertz CT molecular complexity index is 1390. The Hall–Kier alpha value is -3.61. The second-order valence-corrected chi connectivity index (χ2v) is 10.1. The molecule has 0 spiro atoms. The number of hydrogen-bond donors (Lipinski definition) is 2. The first kappa shape index (κ1) is 25.1. The number of para-hydroxylation sites is 1. The van der Waals surface area contributed by atoms with Crippen LogP contribution in [0.15, 0.2) is 102 Å². The first-order valence-electron chi connectivity index (χ1n) is 12.3. The molecule has 0 bridgehead atoms. The van der Waals surface area contributed by atoms with Crippen LogP contribution in [-0.4, -0.2) is 22.4 Å². The summed E-state index contributed by atoms with van der Waals surface area (Å²) in [5.74, 6) is -0.664. The van der Waals surface area contributed by atoms with Crippen molar-refractivity contribution in [1.29, 1.82) is 0 Å². The van der Waals surface area contributed by atoms with Gasteiger partial charge in [0.1, 0.15) is 11.6 Å². The molecule has 4 nitrogen and oxygen atoms in total. The van der Waals surface area contributed by atoms with Gasteiger partial charge in [-0.25, -0.2) is 4.39 Å². The number of rotatable bonds is 8. The fourth-order valence-corrected chi connectivity index (χ4v) is 5.49. The standard InChI is InChI=1S/C31H28FNO3S/c1-37-25-9-5-6-21(18-25)22-12-15-26(29(35)19-22)30-27(31(36)33(30)24-7-3-2-4-8-24)16-17-28(34)20-10-13-23(32)14-11-20/h2-15,18-19,27-28,30,34-35H,16-17H2,1H3/t27-,28+,30-/m1/s1. The molecule has 3 atom stereocenters. The number of aliphatic hydroxyl groups is 1. The van der Waals surface area contributed by atoms with E-state index in [-0.39, 0.29) is 23.5 Å². The number of β-lactam (4-membered cyclic amide) rings is 1. The smallest absolute Gasteiger partial charge is 0.233 e. The summed E-state index contributed by atoms with van der Waals surface area (Å²) in [5.41, 5.74) is 3.97. The van der Waals surface area contributed by atoms with Gasteiger partial charge in [-0.1, -0.05) is 54.6 Å². The first-order valence-corrected chi connectivity index (χ1v) is 13.5. The molecule has 1 aliphatic rings. The van der Waals surface area contributed by atoms with Gasteiger partial charge < -0.3 is 15.1 Å². The molecule has 1 saturated heterocycles. The Balaban J connectivity index is 1.43. The lowest BCUT2D eigenvalue weighted by molar-refractivity contribution is -0.131. The van der Waals surface area contributed by atoms with Crippen LogP contribution in [0.2, 0.25) is 0 Å². The molecule has 188 valence electrons. The number of phenolic OH excluding ortho intramolecular Hbond substituents is 1. The summed E-state index contributed by atoms with van der Waals surface area (Å²) in [6.45, 7) is 0. The van der Waals surface area contributed by atoms with Gasteiger partial charge >= 0.3 is 0 Å². The van der Waals surface area contributed by atoms with Crippen LogP contribution in [0, 0.1) is 11.7 Å². The fraction of sp³-hybridized carbons (Fsp3) is 0.194. The zero-order chi connectivity index (χ0) is 25.9. The van der Waals surface area contributed by atoms with Gasteiger partial charge in [0.2, 0.25) is 5.91 Å². The topological polar surface area (TPSA) is 60.8 Å². The minimum atomic E-state index is -0.806. The molecule has 2 N–H and O–H groups in total. The third-order valence-electron chi connectivity index (χ3n) is 7.01.